The Morgan fingerprint density at radius 2 is 1.89 bits per heavy atom. The summed E-state index contributed by atoms with van der Waals surface area (Å²) in [4.78, 5) is 28.2. The summed E-state index contributed by atoms with van der Waals surface area (Å²) in [6.07, 6.45) is 3.54. The van der Waals surface area contributed by atoms with Gasteiger partial charge in [0.2, 0.25) is 0 Å². The van der Waals surface area contributed by atoms with Crippen LogP contribution in [0, 0.1) is 0 Å². The zero-order valence-corrected chi connectivity index (χ0v) is 15.3. The molecule has 0 saturated carbocycles. The van der Waals surface area contributed by atoms with Gasteiger partial charge in [-0.15, -0.1) is 0 Å². The van der Waals surface area contributed by atoms with Crippen LogP contribution in [0.5, 0.6) is 5.75 Å². The molecule has 3 amide bonds. The molecule has 144 valence electrons. The number of amides is 3. The molecule has 2 heterocycles. The molecule has 8 nitrogen and oxygen atoms in total. The van der Waals surface area contributed by atoms with Crippen LogP contribution in [0.25, 0.3) is 11.3 Å². The maximum atomic E-state index is 11.7. The highest BCUT2D eigenvalue weighted by atomic mass is 16.5. The summed E-state index contributed by atoms with van der Waals surface area (Å²) in [7, 11) is 0. The van der Waals surface area contributed by atoms with Crippen LogP contribution < -0.4 is 21.5 Å². The number of hydrogen-bond acceptors (Lipinski definition) is 4. The number of piperidine rings is 1. The number of carbonyl (C=O) groups excluding carboxylic acids is 2. The number of nitrogens with one attached hydrogen (secondary N) is 2. The lowest BCUT2D eigenvalue weighted by Crippen LogP contribution is -2.40. The molecule has 1 aromatic carbocycles. The average molecular weight is 371 g/mol. The second kappa shape index (κ2) is 8.13. The molecule has 1 aliphatic heterocycles. The van der Waals surface area contributed by atoms with Crippen LogP contribution in [0.3, 0.4) is 0 Å². The summed E-state index contributed by atoms with van der Waals surface area (Å²) in [5, 5.41) is 2.39. The van der Waals surface area contributed by atoms with Crippen LogP contribution >= 0.6 is 0 Å². The molecular formula is C19H25N5O3. The van der Waals surface area contributed by atoms with Gasteiger partial charge >= 0.3 is 6.03 Å². The molecule has 27 heavy (non-hydrogen) atoms. The molecule has 0 spiro atoms. The first-order valence-electron chi connectivity index (χ1n) is 9.05. The van der Waals surface area contributed by atoms with E-state index in [1.807, 2.05) is 31.2 Å². The number of urea groups is 1. The van der Waals surface area contributed by atoms with Crippen molar-refractivity contribution in [3.63, 3.8) is 0 Å². The Kier molecular flexibility index (Phi) is 5.66. The highest BCUT2D eigenvalue weighted by Gasteiger charge is 2.21. The fourth-order valence-electron chi connectivity index (χ4n) is 3.35. The molecule has 8 heteroatoms. The van der Waals surface area contributed by atoms with Crippen molar-refractivity contribution in [3.05, 3.63) is 35.9 Å². The topological polar surface area (TPSA) is 126 Å². The number of anilines is 1. The van der Waals surface area contributed by atoms with E-state index in [0.29, 0.717) is 11.4 Å². The normalized spacial score (nSPS) is 15.9. The average Bonchev–Trinajstić information content (AvgIpc) is 3.06. The Bertz CT molecular complexity index is 827. The van der Waals surface area contributed by atoms with E-state index >= 15 is 0 Å². The van der Waals surface area contributed by atoms with E-state index in [-0.39, 0.29) is 17.6 Å². The van der Waals surface area contributed by atoms with Gasteiger partial charge < -0.3 is 21.2 Å². The molecule has 1 atom stereocenters. The summed E-state index contributed by atoms with van der Waals surface area (Å²) in [5.41, 5.74) is 12.1. The molecule has 1 aromatic heterocycles. The first kappa shape index (κ1) is 18.8. The molecule has 0 bridgehead atoms. The predicted octanol–water partition coefficient (Wildman–Crippen LogP) is 2.48. The molecule has 0 aliphatic carbocycles. The predicted molar refractivity (Wildman–Crippen MR) is 103 cm³/mol. The first-order chi connectivity index (χ1) is 13.0. The third-order valence-electron chi connectivity index (χ3n) is 4.71. The number of carbonyl (C=O) groups is 2. The van der Waals surface area contributed by atoms with Crippen molar-refractivity contribution in [2.24, 2.45) is 11.5 Å². The van der Waals surface area contributed by atoms with Crippen LogP contribution in [-0.4, -0.2) is 41.1 Å². The quantitative estimate of drug-likeness (QED) is 0.622. The van der Waals surface area contributed by atoms with E-state index in [0.717, 1.165) is 18.7 Å². The van der Waals surface area contributed by atoms with E-state index in [1.54, 1.807) is 6.07 Å². The minimum Gasteiger partial charge on any atom is -0.475 e. The molecule has 1 saturated heterocycles. The van der Waals surface area contributed by atoms with Crippen molar-refractivity contribution in [2.75, 3.05) is 18.4 Å². The Hall–Kier alpha value is -3.00. The van der Waals surface area contributed by atoms with E-state index in [2.05, 4.69) is 15.2 Å². The summed E-state index contributed by atoms with van der Waals surface area (Å²) in [6, 6.07) is 8.32. The Morgan fingerprint density at radius 3 is 2.56 bits per heavy atom. The van der Waals surface area contributed by atoms with Gasteiger partial charge in [0.25, 0.3) is 5.91 Å². The van der Waals surface area contributed by atoms with E-state index in [1.165, 1.54) is 19.3 Å². The summed E-state index contributed by atoms with van der Waals surface area (Å²) < 4.78 is 6.21. The smallest absolute Gasteiger partial charge is 0.317 e. The van der Waals surface area contributed by atoms with Gasteiger partial charge in [0.1, 0.15) is 17.8 Å². The number of likely N-dealkylation sites (tertiary alicyclic amines) is 1. The summed E-state index contributed by atoms with van der Waals surface area (Å²) in [6.45, 7) is 4.07. The third kappa shape index (κ3) is 4.40. The van der Waals surface area contributed by atoms with Gasteiger partial charge in [0.15, 0.2) is 0 Å². The van der Waals surface area contributed by atoms with Gasteiger partial charge in [0.05, 0.1) is 11.3 Å². The monoisotopic (exact) mass is 371 g/mol. The molecule has 6 N–H and O–H groups in total. The second-order valence-electron chi connectivity index (χ2n) is 6.64. The fraction of sp³-hybridized carbons (Fsp3) is 0.368. The minimum atomic E-state index is -0.783. The number of aromatic nitrogens is 1. The maximum Gasteiger partial charge on any atom is 0.317 e. The zero-order valence-electron chi connectivity index (χ0n) is 15.3. The van der Waals surface area contributed by atoms with E-state index < -0.39 is 11.9 Å². The zero-order chi connectivity index (χ0) is 19.4. The minimum absolute atomic E-state index is 0.0692. The number of aromatic amines is 1. The number of primary amides is 2. The number of hydrogen-bond donors (Lipinski definition) is 4. The van der Waals surface area contributed by atoms with Crippen LogP contribution in [0.4, 0.5) is 10.6 Å². The third-order valence-corrected chi connectivity index (χ3v) is 4.71. The fourth-order valence-corrected chi connectivity index (χ4v) is 3.35. The van der Waals surface area contributed by atoms with Gasteiger partial charge in [-0.2, -0.15) is 0 Å². The Balaban J connectivity index is 1.89. The first-order valence-corrected chi connectivity index (χ1v) is 9.05. The van der Waals surface area contributed by atoms with Gasteiger partial charge in [0, 0.05) is 18.7 Å². The summed E-state index contributed by atoms with van der Waals surface area (Å²) in [5.74, 6) is 0.184. The molecule has 1 fully saturated rings. The van der Waals surface area contributed by atoms with Gasteiger partial charge in [-0.25, -0.2) is 4.79 Å². The number of para-hydroxylation sites is 1. The van der Waals surface area contributed by atoms with Crippen molar-refractivity contribution in [1.82, 2.24) is 9.88 Å². The molecule has 1 unspecified atom stereocenters. The number of nitrogens with zero attached hydrogens (tertiary/aromatic N) is 1. The van der Waals surface area contributed by atoms with Crippen molar-refractivity contribution in [1.29, 1.82) is 0 Å². The molecule has 1 aliphatic rings. The van der Waals surface area contributed by atoms with Crippen molar-refractivity contribution >= 4 is 17.8 Å². The van der Waals surface area contributed by atoms with Crippen LogP contribution in [0.15, 0.2) is 30.3 Å². The standard InChI is InChI=1S/C19H25N5O3/c1-12(24-9-5-2-6-10-24)27-16-8-4-3-7-13(16)15-11-14(17(20)25)18(22-15)23-19(21)26/h3-4,7-8,11-12,22H,2,5-6,9-10H2,1H3,(H2,20,25)(H3,21,23,26). The van der Waals surface area contributed by atoms with Gasteiger partial charge in [-0.1, -0.05) is 18.6 Å². The molecular weight excluding hydrogens is 346 g/mol. The second-order valence-corrected chi connectivity index (χ2v) is 6.64. The Morgan fingerprint density at radius 1 is 1.19 bits per heavy atom. The highest BCUT2D eigenvalue weighted by Crippen LogP contribution is 2.33. The van der Waals surface area contributed by atoms with Crippen LogP contribution in [0.2, 0.25) is 0 Å². The lowest BCUT2D eigenvalue weighted by molar-refractivity contribution is 0.0266. The van der Waals surface area contributed by atoms with Crippen molar-refractivity contribution < 1.29 is 14.3 Å². The highest BCUT2D eigenvalue weighted by molar-refractivity contribution is 6.03. The lowest BCUT2D eigenvalue weighted by Gasteiger charge is -2.32. The number of benzene rings is 1. The summed E-state index contributed by atoms with van der Waals surface area (Å²) >= 11 is 0. The molecule has 2 aromatic rings. The number of ether oxygens (including phenoxy) is 1. The molecule has 0 radical (unpaired) electrons. The van der Waals surface area contributed by atoms with Gasteiger partial charge in [-0.05, 0) is 38.0 Å². The van der Waals surface area contributed by atoms with E-state index in [9.17, 15) is 9.59 Å². The Labute approximate surface area is 157 Å². The number of rotatable bonds is 6. The largest absolute Gasteiger partial charge is 0.475 e. The van der Waals surface area contributed by atoms with Crippen molar-refractivity contribution in [2.45, 2.75) is 32.4 Å². The number of nitrogens with two attached hydrogens (primary N) is 2. The van der Waals surface area contributed by atoms with Crippen molar-refractivity contribution in [3.8, 4) is 17.0 Å². The van der Waals surface area contributed by atoms with E-state index in [4.69, 9.17) is 16.2 Å². The van der Waals surface area contributed by atoms with Crippen LogP contribution in [-0.2, 0) is 0 Å². The number of H-pyrrole nitrogens is 1. The molecule has 3 rings (SSSR count). The van der Waals surface area contributed by atoms with Gasteiger partial charge in [-0.3, -0.25) is 15.0 Å². The van der Waals surface area contributed by atoms with Crippen LogP contribution in [0.1, 0.15) is 36.5 Å². The SMILES string of the molecule is CC(Oc1ccccc1-c1cc(C(N)=O)c(NC(N)=O)[nH]1)N1CCCCC1. The maximum absolute atomic E-state index is 11.7. The lowest BCUT2D eigenvalue weighted by atomic mass is 10.1.